The molecule has 6 nitrogen and oxygen atoms in total. The van der Waals surface area contributed by atoms with Crippen LogP contribution in [0.3, 0.4) is 0 Å². The Morgan fingerprint density at radius 3 is 2.76 bits per heavy atom. The van der Waals surface area contributed by atoms with Crippen LogP contribution in [-0.2, 0) is 18.1 Å². The van der Waals surface area contributed by atoms with E-state index in [0.717, 1.165) is 24.1 Å². The van der Waals surface area contributed by atoms with Gasteiger partial charge in [0.1, 0.15) is 0 Å². The largest absolute Gasteiger partial charge is 1.00 e. The number of aromatic nitrogens is 3. The summed E-state index contributed by atoms with van der Waals surface area (Å²) in [6.45, 7) is 3.89. The molecule has 0 atom stereocenters. The van der Waals surface area contributed by atoms with Gasteiger partial charge >= 0.3 is 0 Å². The lowest BCUT2D eigenvalue weighted by molar-refractivity contribution is -0.675. The lowest BCUT2D eigenvalue weighted by atomic mass is 10.2. The molecule has 156 valence electrons. The quantitative estimate of drug-likeness (QED) is 0.369. The number of carbonyl (C=O) groups excluding carboxylic acids is 1. The zero-order valence-electron chi connectivity index (χ0n) is 16.9. The molecule has 29 heavy (non-hydrogen) atoms. The van der Waals surface area contributed by atoms with E-state index < -0.39 is 0 Å². The van der Waals surface area contributed by atoms with Crippen LogP contribution in [0.1, 0.15) is 49.4 Å². The fourth-order valence-electron chi connectivity index (χ4n) is 3.20. The highest BCUT2D eigenvalue weighted by molar-refractivity contribution is 5.93. The summed E-state index contributed by atoms with van der Waals surface area (Å²) in [6, 6.07) is 11.6. The highest BCUT2D eigenvalue weighted by Crippen LogP contribution is 2.11. The maximum Gasteiger partial charge on any atom is 0.255 e. The average Bonchev–Trinajstić information content (AvgIpc) is 3.10. The van der Waals surface area contributed by atoms with Gasteiger partial charge in [-0.15, -0.1) is 0 Å². The Kier molecular flexibility index (Phi) is 9.60. The summed E-state index contributed by atoms with van der Waals surface area (Å²) in [7, 11) is 0. The summed E-state index contributed by atoms with van der Waals surface area (Å²) in [5, 5.41) is 2.95. The van der Waals surface area contributed by atoms with Crippen molar-refractivity contribution in [2.24, 2.45) is 0 Å². The Balaban J connectivity index is 0.00000300. The van der Waals surface area contributed by atoms with E-state index in [1.165, 1.54) is 25.7 Å². The molecule has 3 aromatic rings. The van der Waals surface area contributed by atoms with Gasteiger partial charge in [0.15, 0.2) is 24.4 Å². The van der Waals surface area contributed by atoms with Crippen molar-refractivity contribution >= 4 is 16.9 Å². The minimum Gasteiger partial charge on any atom is -1.00 e. The first-order valence-electron chi connectivity index (χ1n) is 10.0. The first-order valence-corrected chi connectivity index (χ1v) is 10.0. The number of para-hydroxylation sites is 2. The number of hydrogen-bond donors (Lipinski definition) is 1. The van der Waals surface area contributed by atoms with Gasteiger partial charge in [0.05, 0.1) is 12.2 Å². The van der Waals surface area contributed by atoms with Gasteiger partial charge in [-0.2, -0.15) is 0 Å². The first kappa shape index (κ1) is 22.8. The van der Waals surface area contributed by atoms with Crippen molar-refractivity contribution in [2.45, 2.75) is 52.4 Å². The number of nitrogens with one attached hydrogen (secondary N) is 1. The molecule has 0 aliphatic heterocycles. The maximum absolute atomic E-state index is 12.3. The van der Waals surface area contributed by atoms with Gasteiger partial charge in [0, 0.05) is 12.4 Å². The number of rotatable bonds is 11. The number of unbranched alkanes of at least 4 members (excludes halogenated alkanes) is 4. The lowest BCUT2D eigenvalue weighted by Gasteiger charge is -2.03. The van der Waals surface area contributed by atoms with Crippen molar-refractivity contribution in [1.29, 1.82) is 0 Å². The number of amides is 1. The normalized spacial score (nSPS) is 10.7. The predicted octanol–water partition coefficient (Wildman–Crippen LogP) is 0.660. The minimum absolute atomic E-state index is 0. The number of ether oxygens (including phenoxy) is 1. The second-order valence-corrected chi connectivity index (χ2v) is 6.90. The molecule has 1 N–H and O–H groups in total. The highest BCUT2D eigenvalue weighted by atomic mass is 35.5. The van der Waals surface area contributed by atoms with Gasteiger partial charge in [0.2, 0.25) is 6.33 Å². The van der Waals surface area contributed by atoms with Crippen molar-refractivity contribution < 1.29 is 26.5 Å². The van der Waals surface area contributed by atoms with Crippen molar-refractivity contribution in [3.05, 3.63) is 60.7 Å². The second-order valence-electron chi connectivity index (χ2n) is 6.90. The van der Waals surface area contributed by atoms with E-state index in [0.29, 0.717) is 19.0 Å². The zero-order valence-corrected chi connectivity index (χ0v) is 17.6. The zero-order chi connectivity index (χ0) is 19.6. The van der Waals surface area contributed by atoms with E-state index in [4.69, 9.17) is 4.74 Å². The summed E-state index contributed by atoms with van der Waals surface area (Å²) in [5.74, 6) is -0.138. The molecule has 2 heterocycles. The molecule has 0 aliphatic carbocycles. The average molecular weight is 417 g/mol. The molecule has 0 saturated carbocycles. The summed E-state index contributed by atoms with van der Waals surface area (Å²) in [4.78, 5) is 16.3. The van der Waals surface area contributed by atoms with Gasteiger partial charge in [0.25, 0.3) is 5.91 Å². The van der Waals surface area contributed by atoms with Gasteiger partial charge in [-0.25, -0.2) is 9.13 Å². The first-order chi connectivity index (χ1) is 13.8. The van der Waals surface area contributed by atoms with Gasteiger partial charge < -0.3 is 22.5 Å². The molecule has 0 spiro atoms. The topological polar surface area (TPSA) is 60.0 Å². The molecule has 0 bridgehead atoms. The maximum atomic E-state index is 12.3. The van der Waals surface area contributed by atoms with Gasteiger partial charge in [-0.05, 0) is 30.7 Å². The summed E-state index contributed by atoms with van der Waals surface area (Å²) in [5.41, 5.74) is 2.70. The summed E-state index contributed by atoms with van der Waals surface area (Å²) < 4.78 is 9.97. The Morgan fingerprint density at radius 1 is 1.14 bits per heavy atom. The number of halogens is 1. The fourth-order valence-corrected chi connectivity index (χ4v) is 3.20. The molecule has 0 saturated heterocycles. The Bertz CT molecular complexity index is 883. The number of carbonyl (C=O) groups is 1. The van der Waals surface area contributed by atoms with Gasteiger partial charge in [-0.3, -0.25) is 9.78 Å². The van der Waals surface area contributed by atoms with Crippen LogP contribution in [0.5, 0.6) is 0 Å². The standard InChI is InChI=1S/C22H28N4O2.ClH/c1-2-3-4-5-8-14-28-18-26-17-25(20-11-6-7-12-21(20)26)16-24-22(27)19-10-9-13-23-15-19;/h6-7,9-13,15,17H,2-5,8,14,16,18H2,1H3;1H. The van der Waals surface area contributed by atoms with Crippen molar-refractivity contribution in [3.8, 4) is 0 Å². The highest BCUT2D eigenvalue weighted by Gasteiger charge is 2.16. The van der Waals surface area contributed by atoms with Crippen LogP contribution >= 0.6 is 0 Å². The van der Waals surface area contributed by atoms with Crippen molar-refractivity contribution in [3.63, 3.8) is 0 Å². The number of fused-ring (bicyclic) bond motifs is 1. The molecule has 0 unspecified atom stereocenters. The minimum atomic E-state index is -0.138. The molecule has 2 aromatic heterocycles. The Labute approximate surface area is 178 Å². The molecule has 1 aromatic carbocycles. The van der Waals surface area contributed by atoms with Crippen LogP contribution < -0.4 is 22.3 Å². The molecular formula is C22H29ClN4O2. The number of nitrogens with zero attached hydrogens (tertiary/aromatic N) is 3. The SMILES string of the molecule is CCCCCCCOCn1c[n+](CNC(=O)c2cccnc2)c2ccccc21.[Cl-]. The summed E-state index contributed by atoms with van der Waals surface area (Å²) in [6.07, 6.45) is 11.4. The third kappa shape index (κ3) is 6.54. The van der Waals surface area contributed by atoms with E-state index >= 15 is 0 Å². The monoisotopic (exact) mass is 416 g/mol. The second kappa shape index (κ2) is 12.2. The molecule has 0 aliphatic rings. The predicted molar refractivity (Wildman–Crippen MR) is 109 cm³/mol. The molecule has 1 amide bonds. The third-order valence-corrected chi connectivity index (χ3v) is 4.74. The third-order valence-electron chi connectivity index (χ3n) is 4.74. The lowest BCUT2D eigenvalue weighted by Crippen LogP contribution is -3.00. The molecule has 7 heteroatoms. The van der Waals surface area contributed by atoms with E-state index in [9.17, 15) is 4.79 Å². The van der Waals surface area contributed by atoms with Crippen molar-refractivity contribution in [1.82, 2.24) is 14.9 Å². The summed E-state index contributed by atoms with van der Waals surface area (Å²) >= 11 is 0. The van der Waals surface area contributed by atoms with Crippen LogP contribution in [0.4, 0.5) is 0 Å². The molecule has 0 radical (unpaired) electrons. The van der Waals surface area contributed by atoms with Crippen molar-refractivity contribution in [2.75, 3.05) is 6.61 Å². The molecule has 3 rings (SSSR count). The van der Waals surface area contributed by atoms with E-state index in [2.05, 4.69) is 27.9 Å². The van der Waals surface area contributed by atoms with Crippen LogP contribution in [0.2, 0.25) is 0 Å². The van der Waals surface area contributed by atoms with Crippen LogP contribution in [0.25, 0.3) is 11.0 Å². The molecular weight excluding hydrogens is 388 g/mol. The van der Waals surface area contributed by atoms with E-state index in [1.807, 2.05) is 29.1 Å². The number of benzene rings is 1. The Hall–Kier alpha value is -2.44. The number of pyridine rings is 1. The van der Waals surface area contributed by atoms with Crippen LogP contribution in [0.15, 0.2) is 55.1 Å². The van der Waals surface area contributed by atoms with Gasteiger partial charge in [-0.1, -0.05) is 44.7 Å². The van der Waals surface area contributed by atoms with Crippen LogP contribution in [0, 0.1) is 0 Å². The molecule has 0 fully saturated rings. The number of hydrogen-bond acceptors (Lipinski definition) is 3. The Morgan fingerprint density at radius 2 is 1.97 bits per heavy atom. The van der Waals surface area contributed by atoms with E-state index in [-0.39, 0.29) is 18.3 Å². The van der Waals surface area contributed by atoms with Crippen LogP contribution in [-0.4, -0.2) is 22.1 Å². The smallest absolute Gasteiger partial charge is 0.255 e. The fraction of sp³-hybridized carbons (Fsp3) is 0.409. The van der Waals surface area contributed by atoms with E-state index in [1.54, 1.807) is 24.5 Å². The number of imidazole rings is 1.